The Labute approximate surface area is 110 Å². The Morgan fingerprint density at radius 2 is 1.94 bits per heavy atom. The van der Waals surface area contributed by atoms with E-state index in [1.807, 2.05) is 6.08 Å². The fraction of sp³-hybridized carbons (Fsp3) is 0.500. The van der Waals surface area contributed by atoms with E-state index in [0.29, 0.717) is 6.54 Å². The molecular formula is C16H24FN. The normalized spacial score (nSPS) is 12.7. The molecule has 100 valence electrons. The highest BCUT2D eigenvalue weighted by Crippen LogP contribution is 2.07. The summed E-state index contributed by atoms with van der Waals surface area (Å²) in [5.41, 5.74) is 2.44. The van der Waals surface area contributed by atoms with E-state index < -0.39 is 6.17 Å². The smallest absolute Gasteiger partial charge is 0.110 e. The molecular weight excluding hydrogens is 225 g/mol. The maximum Gasteiger partial charge on any atom is 0.110 e. The second kappa shape index (κ2) is 8.04. The Morgan fingerprint density at radius 1 is 1.28 bits per heavy atom. The highest BCUT2D eigenvalue weighted by Gasteiger charge is 2.08. The SMILES string of the molecule is C=Cc1ccc(CCN(CCC)CC(C)F)cc1. The molecule has 1 rings (SSSR count). The first-order chi connectivity index (χ1) is 8.65. The molecule has 0 fully saturated rings. The maximum absolute atomic E-state index is 13.0. The molecule has 0 aliphatic carbocycles. The lowest BCUT2D eigenvalue weighted by molar-refractivity contribution is 0.203. The van der Waals surface area contributed by atoms with Crippen LogP contribution in [0, 0.1) is 0 Å². The number of halogens is 1. The molecule has 0 amide bonds. The fourth-order valence-electron chi connectivity index (χ4n) is 2.07. The lowest BCUT2D eigenvalue weighted by Crippen LogP contribution is -2.32. The predicted octanol–water partition coefficient (Wildman–Crippen LogP) is 3.94. The lowest BCUT2D eigenvalue weighted by atomic mass is 10.1. The monoisotopic (exact) mass is 249 g/mol. The molecule has 0 heterocycles. The number of alkyl halides is 1. The molecule has 0 aromatic heterocycles. The Bertz CT molecular complexity index is 343. The molecule has 0 aliphatic heterocycles. The number of nitrogens with zero attached hydrogens (tertiary/aromatic N) is 1. The van der Waals surface area contributed by atoms with Crippen LogP contribution in [0.25, 0.3) is 6.08 Å². The van der Waals surface area contributed by atoms with E-state index in [9.17, 15) is 4.39 Å². The molecule has 0 saturated heterocycles. The van der Waals surface area contributed by atoms with Crippen LogP contribution in [0.4, 0.5) is 4.39 Å². The first-order valence-electron chi connectivity index (χ1n) is 6.73. The van der Waals surface area contributed by atoms with Gasteiger partial charge in [-0.1, -0.05) is 43.8 Å². The average molecular weight is 249 g/mol. The standard InChI is InChI=1S/C16H24FN/c1-4-11-18(13-14(3)17)12-10-16-8-6-15(5-2)7-9-16/h5-9,14H,2,4,10-13H2,1,3H3. The zero-order valence-corrected chi connectivity index (χ0v) is 11.5. The van der Waals surface area contributed by atoms with E-state index in [1.54, 1.807) is 6.92 Å². The summed E-state index contributed by atoms with van der Waals surface area (Å²) < 4.78 is 13.0. The van der Waals surface area contributed by atoms with Crippen LogP contribution in [-0.4, -0.2) is 30.7 Å². The molecule has 2 heteroatoms. The first kappa shape index (κ1) is 14.9. The van der Waals surface area contributed by atoms with Crippen LogP contribution in [0.2, 0.25) is 0 Å². The third kappa shape index (κ3) is 5.46. The minimum atomic E-state index is -0.750. The van der Waals surface area contributed by atoms with Crippen LogP contribution in [0.1, 0.15) is 31.4 Å². The van der Waals surface area contributed by atoms with Gasteiger partial charge < -0.3 is 4.90 Å². The third-order valence-corrected chi connectivity index (χ3v) is 2.98. The molecule has 1 nitrogen and oxygen atoms in total. The van der Waals surface area contributed by atoms with Gasteiger partial charge in [-0.3, -0.25) is 0 Å². The van der Waals surface area contributed by atoms with Gasteiger partial charge in [0.05, 0.1) is 0 Å². The highest BCUT2D eigenvalue weighted by atomic mass is 19.1. The van der Waals surface area contributed by atoms with Gasteiger partial charge in [0.15, 0.2) is 0 Å². The largest absolute Gasteiger partial charge is 0.300 e. The zero-order chi connectivity index (χ0) is 13.4. The molecule has 18 heavy (non-hydrogen) atoms. The van der Waals surface area contributed by atoms with E-state index in [-0.39, 0.29) is 0 Å². The molecule has 0 bridgehead atoms. The van der Waals surface area contributed by atoms with Crippen LogP contribution in [0.3, 0.4) is 0 Å². The molecule has 0 radical (unpaired) electrons. The van der Waals surface area contributed by atoms with Crippen molar-refractivity contribution in [3.63, 3.8) is 0 Å². The van der Waals surface area contributed by atoms with Crippen molar-refractivity contribution in [1.82, 2.24) is 4.90 Å². The second-order valence-electron chi connectivity index (χ2n) is 4.78. The summed E-state index contributed by atoms with van der Waals surface area (Å²) in [7, 11) is 0. The van der Waals surface area contributed by atoms with Crippen molar-refractivity contribution in [3.05, 3.63) is 42.0 Å². The maximum atomic E-state index is 13.0. The number of benzene rings is 1. The topological polar surface area (TPSA) is 3.24 Å². The molecule has 1 unspecified atom stereocenters. The van der Waals surface area contributed by atoms with Gasteiger partial charge in [0.25, 0.3) is 0 Å². The van der Waals surface area contributed by atoms with Crippen molar-refractivity contribution >= 4 is 6.08 Å². The molecule has 0 spiro atoms. The second-order valence-corrected chi connectivity index (χ2v) is 4.78. The minimum absolute atomic E-state index is 0.540. The van der Waals surface area contributed by atoms with Gasteiger partial charge in [-0.2, -0.15) is 0 Å². The van der Waals surface area contributed by atoms with Crippen LogP contribution in [-0.2, 0) is 6.42 Å². The fourth-order valence-corrected chi connectivity index (χ4v) is 2.07. The van der Waals surface area contributed by atoms with Gasteiger partial charge >= 0.3 is 0 Å². The molecule has 1 aromatic rings. The minimum Gasteiger partial charge on any atom is -0.300 e. The number of rotatable bonds is 8. The van der Waals surface area contributed by atoms with Crippen LogP contribution < -0.4 is 0 Å². The van der Waals surface area contributed by atoms with Crippen molar-refractivity contribution < 1.29 is 4.39 Å². The van der Waals surface area contributed by atoms with E-state index >= 15 is 0 Å². The summed E-state index contributed by atoms with van der Waals surface area (Å²) in [5, 5.41) is 0. The van der Waals surface area contributed by atoms with Crippen molar-refractivity contribution in [3.8, 4) is 0 Å². The van der Waals surface area contributed by atoms with Crippen LogP contribution in [0.15, 0.2) is 30.8 Å². The Morgan fingerprint density at radius 3 is 2.44 bits per heavy atom. The van der Waals surface area contributed by atoms with Crippen molar-refractivity contribution in [2.24, 2.45) is 0 Å². The summed E-state index contributed by atoms with van der Waals surface area (Å²) in [5.74, 6) is 0. The van der Waals surface area contributed by atoms with Crippen molar-refractivity contribution in [1.29, 1.82) is 0 Å². The van der Waals surface area contributed by atoms with Gasteiger partial charge in [0, 0.05) is 13.1 Å². The van der Waals surface area contributed by atoms with E-state index in [4.69, 9.17) is 0 Å². The van der Waals surface area contributed by atoms with Gasteiger partial charge in [0.1, 0.15) is 6.17 Å². The summed E-state index contributed by atoms with van der Waals surface area (Å²) >= 11 is 0. The Balaban J connectivity index is 2.46. The van der Waals surface area contributed by atoms with E-state index in [0.717, 1.165) is 31.5 Å². The van der Waals surface area contributed by atoms with Gasteiger partial charge in [-0.25, -0.2) is 4.39 Å². The number of hydrogen-bond donors (Lipinski definition) is 0. The summed E-state index contributed by atoms with van der Waals surface area (Å²) in [6.07, 6.45) is 3.14. The Hall–Kier alpha value is -1.15. The molecule has 1 atom stereocenters. The van der Waals surface area contributed by atoms with Crippen LogP contribution in [0.5, 0.6) is 0 Å². The lowest BCUT2D eigenvalue weighted by Gasteiger charge is -2.22. The van der Waals surface area contributed by atoms with E-state index in [2.05, 4.69) is 42.7 Å². The van der Waals surface area contributed by atoms with Gasteiger partial charge in [-0.05, 0) is 37.4 Å². The quantitative estimate of drug-likeness (QED) is 0.674. The van der Waals surface area contributed by atoms with Gasteiger partial charge in [0.2, 0.25) is 0 Å². The zero-order valence-electron chi connectivity index (χ0n) is 11.5. The van der Waals surface area contributed by atoms with Crippen molar-refractivity contribution in [2.75, 3.05) is 19.6 Å². The molecule has 0 aliphatic rings. The summed E-state index contributed by atoms with van der Waals surface area (Å²) in [6.45, 7) is 9.94. The molecule has 1 aromatic carbocycles. The first-order valence-corrected chi connectivity index (χ1v) is 6.73. The van der Waals surface area contributed by atoms with Gasteiger partial charge in [-0.15, -0.1) is 0 Å². The third-order valence-electron chi connectivity index (χ3n) is 2.98. The predicted molar refractivity (Wildman–Crippen MR) is 77.5 cm³/mol. The average Bonchev–Trinajstić information content (AvgIpc) is 2.36. The van der Waals surface area contributed by atoms with Crippen LogP contribution >= 0.6 is 0 Å². The van der Waals surface area contributed by atoms with Crippen molar-refractivity contribution in [2.45, 2.75) is 32.9 Å². The number of hydrogen-bond acceptors (Lipinski definition) is 1. The highest BCUT2D eigenvalue weighted by molar-refractivity contribution is 5.47. The molecule has 0 N–H and O–H groups in total. The molecule has 0 saturated carbocycles. The van der Waals surface area contributed by atoms with E-state index in [1.165, 1.54) is 5.56 Å². The summed E-state index contributed by atoms with van der Waals surface area (Å²) in [6, 6.07) is 8.40. The Kier molecular flexibility index (Phi) is 6.66. The summed E-state index contributed by atoms with van der Waals surface area (Å²) in [4.78, 5) is 2.20.